The summed E-state index contributed by atoms with van der Waals surface area (Å²) in [5.41, 5.74) is 3.73. The van der Waals surface area contributed by atoms with Crippen LogP contribution in [-0.2, 0) is 4.74 Å². The van der Waals surface area contributed by atoms with Crippen molar-refractivity contribution in [1.29, 1.82) is 0 Å². The smallest absolute Gasteiger partial charge is 0.404 e. The Morgan fingerprint density at radius 1 is 1.54 bits per heavy atom. The van der Waals surface area contributed by atoms with E-state index in [1.54, 1.807) is 6.92 Å². The van der Waals surface area contributed by atoms with Crippen molar-refractivity contribution in [1.82, 2.24) is 0 Å². The topological polar surface area (TPSA) is 72.6 Å². The zero-order valence-electron chi connectivity index (χ0n) is 8.33. The van der Waals surface area contributed by atoms with E-state index in [0.717, 1.165) is 0 Å². The maximum absolute atomic E-state index is 10.6. The van der Waals surface area contributed by atoms with Gasteiger partial charge >= 0.3 is 6.09 Å². The van der Waals surface area contributed by atoms with Crippen LogP contribution in [0.4, 0.5) is 4.79 Å². The van der Waals surface area contributed by atoms with Gasteiger partial charge in [-0.1, -0.05) is 13.8 Å². The van der Waals surface area contributed by atoms with E-state index in [2.05, 4.69) is 0 Å². The van der Waals surface area contributed by atoms with Crippen molar-refractivity contribution in [2.24, 2.45) is 11.1 Å². The molecular formula is C9H17NO3. The number of nitrogens with two attached hydrogens (primary N) is 1. The lowest BCUT2D eigenvalue weighted by molar-refractivity contribution is -0.0694. The number of ether oxygens (including phenoxy) is 1. The molecule has 0 aromatic heterocycles. The number of carbonyl (C=O) groups is 1. The van der Waals surface area contributed by atoms with E-state index in [1.165, 1.54) is 0 Å². The van der Waals surface area contributed by atoms with Gasteiger partial charge in [0.2, 0.25) is 0 Å². The molecule has 4 nitrogen and oxygen atoms in total. The molecule has 1 aliphatic carbocycles. The molecule has 1 saturated carbocycles. The molecule has 76 valence electrons. The van der Waals surface area contributed by atoms with Crippen molar-refractivity contribution in [2.75, 3.05) is 0 Å². The predicted molar refractivity (Wildman–Crippen MR) is 48.1 cm³/mol. The van der Waals surface area contributed by atoms with Crippen molar-refractivity contribution in [3.8, 4) is 0 Å². The highest BCUT2D eigenvalue weighted by Crippen LogP contribution is 2.47. The van der Waals surface area contributed by atoms with Gasteiger partial charge in [-0.2, -0.15) is 0 Å². The summed E-state index contributed by atoms with van der Waals surface area (Å²) in [6.45, 7) is 5.53. The van der Waals surface area contributed by atoms with E-state index >= 15 is 0 Å². The molecule has 3 N–H and O–H groups in total. The third kappa shape index (κ3) is 1.63. The number of carbonyl (C=O) groups excluding carboxylic acids is 1. The normalized spacial score (nSPS) is 37.4. The Kier molecular flexibility index (Phi) is 2.28. The average molecular weight is 187 g/mol. The van der Waals surface area contributed by atoms with Gasteiger partial charge < -0.3 is 15.6 Å². The maximum Gasteiger partial charge on any atom is 0.404 e. The van der Waals surface area contributed by atoms with Crippen LogP contribution in [0.2, 0.25) is 0 Å². The van der Waals surface area contributed by atoms with E-state index in [9.17, 15) is 9.90 Å². The van der Waals surface area contributed by atoms with Gasteiger partial charge in [0.05, 0.1) is 5.60 Å². The van der Waals surface area contributed by atoms with Gasteiger partial charge in [0.25, 0.3) is 0 Å². The highest BCUT2D eigenvalue weighted by Gasteiger charge is 2.52. The molecule has 0 spiro atoms. The summed E-state index contributed by atoms with van der Waals surface area (Å²) in [6.07, 6.45) is 0.261. The maximum atomic E-state index is 10.6. The molecule has 2 atom stereocenters. The van der Waals surface area contributed by atoms with Crippen molar-refractivity contribution in [2.45, 2.75) is 45.3 Å². The number of hydrogen-bond acceptors (Lipinski definition) is 3. The van der Waals surface area contributed by atoms with Crippen molar-refractivity contribution in [3.05, 3.63) is 0 Å². The minimum atomic E-state index is -0.785. The van der Waals surface area contributed by atoms with Crippen LogP contribution in [0, 0.1) is 5.41 Å². The lowest BCUT2D eigenvalue weighted by Gasteiger charge is -2.36. The molecule has 0 radical (unpaired) electrons. The molecule has 4 heteroatoms. The zero-order chi connectivity index (χ0) is 10.3. The van der Waals surface area contributed by atoms with Crippen LogP contribution >= 0.6 is 0 Å². The van der Waals surface area contributed by atoms with Gasteiger partial charge in [0, 0.05) is 5.41 Å². The minimum Gasteiger partial charge on any atom is -0.446 e. The number of rotatable bonds is 1. The SMILES string of the molecule is CC1(O)CCC(OC(N)=O)C1(C)C. The fraction of sp³-hybridized carbons (Fsp3) is 0.889. The number of aliphatic hydroxyl groups is 1. The Morgan fingerprint density at radius 3 is 2.38 bits per heavy atom. The van der Waals surface area contributed by atoms with Crippen LogP contribution in [0.5, 0.6) is 0 Å². The standard InChI is InChI=1S/C9H17NO3/c1-8(2)6(13-7(10)11)4-5-9(8,3)12/h6,12H,4-5H2,1-3H3,(H2,10,11). The average Bonchev–Trinajstić information content (AvgIpc) is 2.11. The van der Waals surface area contributed by atoms with Crippen molar-refractivity contribution < 1.29 is 14.6 Å². The van der Waals surface area contributed by atoms with E-state index in [1.807, 2.05) is 13.8 Å². The molecule has 0 heterocycles. The third-order valence-electron chi connectivity index (χ3n) is 3.34. The van der Waals surface area contributed by atoms with Gasteiger partial charge in [-0.15, -0.1) is 0 Å². The van der Waals surface area contributed by atoms with Gasteiger partial charge in [0.1, 0.15) is 6.10 Å². The summed E-state index contributed by atoms with van der Waals surface area (Å²) in [7, 11) is 0. The summed E-state index contributed by atoms with van der Waals surface area (Å²) >= 11 is 0. The predicted octanol–water partition coefficient (Wildman–Crippen LogP) is 1.02. The van der Waals surface area contributed by atoms with E-state index in [-0.39, 0.29) is 6.10 Å². The Bertz CT molecular complexity index is 223. The molecule has 0 aromatic rings. The number of amides is 1. The lowest BCUT2D eigenvalue weighted by Crippen LogP contribution is -2.44. The summed E-state index contributed by atoms with van der Waals surface area (Å²) in [4.78, 5) is 10.6. The van der Waals surface area contributed by atoms with Crippen molar-refractivity contribution in [3.63, 3.8) is 0 Å². The molecule has 0 bridgehead atoms. The van der Waals surface area contributed by atoms with Crippen LogP contribution in [0.25, 0.3) is 0 Å². The molecule has 0 aliphatic heterocycles. The molecule has 0 aromatic carbocycles. The Labute approximate surface area is 78.1 Å². The molecule has 1 amide bonds. The van der Waals surface area contributed by atoms with Crippen LogP contribution < -0.4 is 5.73 Å². The second kappa shape index (κ2) is 2.87. The molecule has 1 aliphatic rings. The summed E-state index contributed by atoms with van der Waals surface area (Å²) in [6, 6.07) is 0. The summed E-state index contributed by atoms with van der Waals surface area (Å²) in [5, 5.41) is 9.97. The molecule has 1 rings (SSSR count). The van der Waals surface area contributed by atoms with Crippen molar-refractivity contribution >= 4 is 6.09 Å². The Balaban J connectivity index is 2.76. The molecule has 2 unspecified atom stereocenters. The Hall–Kier alpha value is -0.770. The zero-order valence-corrected chi connectivity index (χ0v) is 8.33. The first-order chi connectivity index (χ1) is 5.77. The van der Waals surface area contributed by atoms with Gasteiger partial charge in [-0.05, 0) is 19.8 Å². The van der Waals surface area contributed by atoms with Gasteiger partial charge in [-0.25, -0.2) is 4.79 Å². The second-order valence-corrected chi connectivity index (χ2v) is 4.46. The number of primary amides is 1. The fourth-order valence-corrected chi connectivity index (χ4v) is 1.79. The quantitative estimate of drug-likeness (QED) is 0.643. The number of hydrogen-bond donors (Lipinski definition) is 2. The summed E-state index contributed by atoms with van der Waals surface area (Å²) < 4.78 is 4.94. The highest BCUT2D eigenvalue weighted by atomic mass is 16.6. The minimum absolute atomic E-state index is 0.278. The van der Waals surface area contributed by atoms with E-state index in [0.29, 0.717) is 12.8 Å². The first kappa shape index (κ1) is 10.3. The molecule has 1 fully saturated rings. The fourth-order valence-electron chi connectivity index (χ4n) is 1.79. The van der Waals surface area contributed by atoms with E-state index in [4.69, 9.17) is 10.5 Å². The van der Waals surface area contributed by atoms with Gasteiger partial charge in [-0.3, -0.25) is 0 Å². The van der Waals surface area contributed by atoms with Gasteiger partial charge in [0.15, 0.2) is 0 Å². The van der Waals surface area contributed by atoms with Crippen LogP contribution in [0.1, 0.15) is 33.6 Å². The lowest BCUT2D eigenvalue weighted by atomic mass is 9.78. The highest BCUT2D eigenvalue weighted by molar-refractivity contribution is 5.65. The van der Waals surface area contributed by atoms with E-state index < -0.39 is 17.1 Å². The second-order valence-electron chi connectivity index (χ2n) is 4.46. The first-order valence-electron chi connectivity index (χ1n) is 4.46. The monoisotopic (exact) mass is 187 g/mol. The Morgan fingerprint density at radius 2 is 2.08 bits per heavy atom. The molecular weight excluding hydrogens is 170 g/mol. The molecule has 13 heavy (non-hydrogen) atoms. The molecule has 0 saturated heterocycles. The van der Waals surface area contributed by atoms with Crippen LogP contribution in [0.15, 0.2) is 0 Å². The third-order valence-corrected chi connectivity index (χ3v) is 3.34. The van der Waals surface area contributed by atoms with Crippen LogP contribution in [0.3, 0.4) is 0 Å². The first-order valence-corrected chi connectivity index (χ1v) is 4.46. The van der Waals surface area contributed by atoms with Crippen LogP contribution in [-0.4, -0.2) is 22.9 Å². The largest absolute Gasteiger partial charge is 0.446 e. The summed E-state index contributed by atoms with van der Waals surface area (Å²) in [5.74, 6) is 0.